The van der Waals surface area contributed by atoms with Crippen molar-refractivity contribution in [3.05, 3.63) is 65.7 Å². The van der Waals surface area contributed by atoms with Crippen LogP contribution in [0.4, 0.5) is 0 Å². The fraction of sp³-hybridized carbons (Fsp3) is 0.333. The number of benzene rings is 2. The van der Waals surface area contributed by atoms with E-state index in [2.05, 4.69) is 0 Å². The number of hydrogen-bond acceptors (Lipinski definition) is 3. The molecule has 2 atom stereocenters. The second-order valence-electron chi connectivity index (χ2n) is 5.98. The summed E-state index contributed by atoms with van der Waals surface area (Å²) in [5.74, 6) is 0.0291. The molecule has 1 N–H and O–H groups in total. The number of hydrogen-bond donors (Lipinski definition) is 1. The second kappa shape index (κ2) is 6.43. The van der Waals surface area contributed by atoms with Crippen molar-refractivity contribution in [1.29, 1.82) is 0 Å². The molecule has 0 radical (unpaired) electrons. The minimum Gasteiger partial charge on any atom is -0.395 e. The standard InChI is InChI=1S/C18H21NO3S/c1-14-7-9-16(10-8-14)23(21,22)19-12-11-17(18(19)13-20)15-5-3-2-4-6-15/h2-10,17-18,20H,11-13H2,1H3/t17-,18-/m0/s1. The monoisotopic (exact) mass is 331 g/mol. The quantitative estimate of drug-likeness (QED) is 0.937. The molecule has 1 saturated heterocycles. The first-order valence-corrected chi connectivity index (χ1v) is 9.22. The van der Waals surface area contributed by atoms with Crippen molar-refractivity contribution in [1.82, 2.24) is 4.31 Å². The van der Waals surface area contributed by atoms with Crippen LogP contribution in [0.1, 0.15) is 23.5 Å². The number of sulfonamides is 1. The smallest absolute Gasteiger partial charge is 0.243 e. The van der Waals surface area contributed by atoms with E-state index >= 15 is 0 Å². The summed E-state index contributed by atoms with van der Waals surface area (Å²) in [7, 11) is -3.58. The van der Waals surface area contributed by atoms with E-state index in [4.69, 9.17) is 0 Å². The van der Waals surface area contributed by atoms with Gasteiger partial charge >= 0.3 is 0 Å². The van der Waals surface area contributed by atoms with Gasteiger partial charge in [-0.15, -0.1) is 0 Å². The molecule has 0 aromatic heterocycles. The van der Waals surface area contributed by atoms with Crippen LogP contribution in [0.3, 0.4) is 0 Å². The van der Waals surface area contributed by atoms with Gasteiger partial charge in [-0.1, -0.05) is 48.0 Å². The second-order valence-corrected chi connectivity index (χ2v) is 7.88. The summed E-state index contributed by atoms with van der Waals surface area (Å²) >= 11 is 0. The zero-order valence-electron chi connectivity index (χ0n) is 13.1. The summed E-state index contributed by atoms with van der Waals surface area (Å²) in [5.41, 5.74) is 2.10. The Labute approximate surface area is 137 Å². The van der Waals surface area contributed by atoms with E-state index in [9.17, 15) is 13.5 Å². The highest BCUT2D eigenvalue weighted by molar-refractivity contribution is 7.89. The van der Waals surface area contributed by atoms with Gasteiger partial charge in [-0.25, -0.2) is 8.42 Å². The Morgan fingerprint density at radius 2 is 1.74 bits per heavy atom. The molecule has 1 fully saturated rings. The zero-order valence-corrected chi connectivity index (χ0v) is 13.9. The Morgan fingerprint density at radius 3 is 2.35 bits per heavy atom. The Morgan fingerprint density at radius 1 is 1.09 bits per heavy atom. The molecule has 0 saturated carbocycles. The van der Waals surface area contributed by atoms with Crippen molar-refractivity contribution in [2.24, 2.45) is 0 Å². The van der Waals surface area contributed by atoms with Crippen LogP contribution in [0, 0.1) is 6.92 Å². The van der Waals surface area contributed by atoms with Gasteiger partial charge in [0.05, 0.1) is 17.5 Å². The highest BCUT2D eigenvalue weighted by Gasteiger charge is 2.41. The minimum absolute atomic E-state index is 0.0291. The maximum absolute atomic E-state index is 12.9. The van der Waals surface area contributed by atoms with Gasteiger partial charge in [-0.05, 0) is 31.0 Å². The molecule has 2 aromatic carbocycles. The summed E-state index contributed by atoms with van der Waals surface area (Å²) in [4.78, 5) is 0.287. The maximum Gasteiger partial charge on any atom is 0.243 e. The molecule has 0 bridgehead atoms. The van der Waals surface area contributed by atoms with Crippen molar-refractivity contribution >= 4 is 10.0 Å². The first-order chi connectivity index (χ1) is 11.0. The van der Waals surface area contributed by atoms with E-state index in [0.29, 0.717) is 6.54 Å². The molecule has 5 heteroatoms. The van der Waals surface area contributed by atoms with Crippen molar-refractivity contribution in [2.75, 3.05) is 13.2 Å². The van der Waals surface area contributed by atoms with Crippen LogP contribution in [0.5, 0.6) is 0 Å². The average Bonchev–Trinajstić information content (AvgIpc) is 3.01. The summed E-state index contributed by atoms with van der Waals surface area (Å²) in [6.45, 7) is 2.18. The molecule has 3 rings (SSSR count). The number of aliphatic hydroxyl groups is 1. The summed E-state index contributed by atoms with van der Waals surface area (Å²) in [6, 6.07) is 16.3. The van der Waals surface area contributed by atoms with Gasteiger partial charge in [0.25, 0.3) is 0 Å². The lowest BCUT2D eigenvalue weighted by molar-refractivity contribution is 0.203. The molecule has 1 heterocycles. The van der Waals surface area contributed by atoms with Gasteiger partial charge in [0.2, 0.25) is 10.0 Å². The van der Waals surface area contributed by atoms with Gasteiger partial charge in [-0.3, -0.25) is 0 Å². The third kappa shape index (κ3) is 3.04. The van der Waals surface area contributed by atoms with Crippen molar-refractivity contribution in [2.45, 2.75) is 30.2 Å². The number of nitrogens with zero attached hydrogens (tertiary/aromatic N) is 1. The van der Waals surface area contributed by atoms with Crippen molar-refractivity contribution < 1.29 is 13.5 Å². The number of aliphatic hydroxyl groups excluding tert-OH is 1. The Balaban J connectivity index is 1.92. The first-order valence-electron chi connectivity index (χ1n) is 7.78. The fourth-order valence-electron chi connectivity index (χ4n) is 3.28. The zero-order chi connectivity index (χ0) is 16.4. The van der Waals surface area contributed by atoms with Crippen molar-refractivity contribution in [3.63, 3.8) is 0 Å². The molecule has 122 valence electrons. The van der Waals surface area contributed by atoms with E-state index in [0.717, 1.165) is 17.5 Å². The molecule has 23 heavy (non-hydrogen) atoms. The third-order valence-electron chi connectivity index (χ3n) is 4.54. The lowest BCUT2D eigenvalue weighted by Crippen LogP contribution is -2.39. The first kappa shape index (κ1) is 16.2. The van der Waals surface area contributed by atoms with Crippen LogP contribution in [-0.2, 0) is 10.0 Å². The van der Waals surface area contributed by atoms with E-state index in [-0.39, 0.29) is 17.4 Å². The van der Waals surface area contributed by atoms with E-state index in [1.54, 1.807) is 24.3 Å². The normalized spacial score (nSPS) is 22.3. The predicted molar refractivity (Wildman–Crippen MR) is 89.7 cm³/mol. The molecular weight excluding hydrogens is 310 g/mol. The van der Waals surface area contributed by atoms with Crippen LogP contribution in [0.15, 0.2) is 59.5 Å². The van der Waals surface area contributed by atoms with Gasteiger partial charge in [-0.2, -0.15) is 4.31 Å². The maximum atomic E-state index is 12.9. The molecule has 1 aliphatic heterocycles. The molecule has 4 nitrogen and oxygen atoms in total. The van der Waals surface area contributed by atoms with E-state index < -0.39 is 16.1 Å². The largest absolute Gasteiger partial charge is 0.395 e. The molecule has 0 spiro atoms. The predicted octanol–water partition coefficient (Wildman–Crippen LogP) is 2.53. The highest BCUT2D eigenvalue weighted by Crippen LogP contribution is 2.36. The third-order valence-corrected chi connectivity index (χ3v) is 6.48. The van der Waals surface area contributed by atoms with Crippen LogP contribution in [0.25, 0.3) is 0 Å². The molecular formula is C18H21NO3S. The van der Waals surface area contributed by atoms with E-state index in [1.165, 1.54) is 4.31 Å². The SMILES string of the molecule is Cc1ccc(S(=O)(=O)N2CC[C@@H](c3ccccc3)[C@@H]2CO)cc1. The molecule has 2 aromatic rings. The Hall–Kier alpha value is -1.69. The summed E-state index contributed by atoms with van der Waals surface area (Å²) < 4.78 is 27.3. The van der Waals surface area contributed by atoms with Crippen LogP contribution >= 0.6 is 0 Å². The average molecular weight is 331 g/mol. The number of aryl methyl sites for hydroxylation is 1. The van der Waals surface area contributed by atoms with E-state index in [1.807, 2.05) is 37.3 Å². The van der Waals surface area contributed by atoms with Gasteiger partial charge < -0.3 is 5.11 Å². The lowest BCUT2D eigenvalue weighted by Gasteiger charge is -2.26. The van der Waals surface area contributed by atoms with Gasteiger partial charge in [0.15, 0.2) is 0 Å². The summed E-state index contributed by atoms with van der Waals surface area (Å²) in [6.07, 6.45) is 0.723. The van der Waals surface area contributed by atoms with Crippen molar-refractivity contribution in [3.8, 4) is 0 Å². The number of rotatable bonds is 4. The van der Waals surface area contributed by atoms with Crippen LogP contribution in [-0.4, -0.2) is 37.0 Å². The highest BCUT2D eigenvalue weighted by atomic mass is 32.2. The van der Waals surface area contributed by atoms with Crippen LogP contribution < -0.4 is 0 Å². The molecule has 1 aliphatic rings. The lowest BCUT2D eigenvalue weighted by atomic mass is 9.92. The topological polar surface area (TPSA) is 57.6 Å². The van der Waals surface area contributed by atoms with Gasteiger partial charge in [0.1, 0.15) is 0 Å². The van der Waals surface area contributed by atoms with Gasteiger partial charge in [0, 0.05) is 12.5 Å². The molecule has 0 unspecified atom stereocenters. The fourth-order valence-corrected chi connectivity index (χ4v) is 4.94. The van der Waals surface area contributed by atoms with Crippen LogP contribution in [0.2, 0.25) is 0 Å². The molecule has 0 amide bonds. The Bertz CT molecular complexity index is 757. The Kier molecular flexibility index (Phi) is 4.53. The molecule has 0 aliphatic carbocycles. The minimum atomic E-state index is -3.58. The summed E-state index contributed by atoms with van der Waals surface area (Å²) in [5, 5.41) is 9.82.